The molecule has 0 radical (unpaired) electrons. The number of anilines is 2. The molecule has 31 heavy (non-hydrogen) atoms. The molecular weight excluding hydrogens is 481 g/mol. The number of aromatic nitrogens is 1. The fourth-order valence-corrected chi connectivity index (χ4v) is 4.51. The van der Waals surface area contributed by atoms with E-state index in [9.17, 15) is 9.59 Å². The second kappa shape index (κ2) is 9.54. The molecule has 2 amide bonds. The van der Waals surface area contributed by atoms with E-state index in [1.165, 1.54) is 22.3 Å². The summed E-state index contributed by atoms with van der Waals surface area (Å²) in [6, 6.07) is 11.4. The van der Waals surface area contributed by atoms with Crippen LogP contribution in [0.1, 0.15) is 20.8 Å². The number of hydrogen-bond donors (Lipinski definition) is 0. The smallest absolute Gasteiger partial charge is 0.273 e. The van der Waals surface area contributed by atoms with Crippen LogP contribution in [0.2, 0.25) is 15.1 Å². The van der Waals surface area contributed by atoms with Crippen LogP contribution in [0, 0.1) is 0 Å². The minimum absolute atomic E-state index is 0.196. The SMILES string of the molecule is O=C(c1csc(N(C(=O)c2ccc(Cl)cc2Cl)c2ccc(Cl)cc2)n1)N1CCOCC1. The molecule has 0 spiro atoms. The number of nitrogens with zero attached hydrogens (tertiary/aromatic N) is 3. The Morgan fingerprint density at radius 2 is 1.68 bits per heavy atom. The van der Waals surface area contributed by atoms with Gasteiger partial charge in [0.05, 0.1) is 29.5 Å². The minimum Gasteiger partial charge on any atom is -0.378 e. The maximum atomic E-state index is 13.5. The third kappa shape index (κ3) is 4.86. The molecule has 1 fully saturated rings. The van der Waals surface area contributed by atoms with E-state index in [1.807, 2.05) is 0 Å². The van der Waals surface area contributed by atoms with Crippen LogP contribution in [0.25, 0.3) is 0 Å². The lowest BCUT2D eigenvalue weighted by Gasteiger charge is -2.26. The predicted octanol–water partition coefficient (Wildman–Crippen LogP) is 5.55. The second-order valence-corrected chi connectivity index (χ2v) is 8.78. The Morgan fingerprint density at radius 1 is 1.00 bits per heavy atom. The summed E-state index contributed by atoms with van der Waals surface area (Å²) in [5.74, 6) is -0.595. The van der Waals surface area contributed by atoms with E-state index in [2.05, 4.69) is 4.98 Å². The molecule has 0 aliphatic carbocycles. The van der Waals surface area contributed by atoms with Crippen molar-refractivity contribution in [3.63, 3.8) is 0 Å². The third-order valence-electron chi connectivity index (χ3n) is 4.65. The number of carbonyl (C=O) groups excluding carboxylic acids is 2. The minimum atomic E-state index is -0.399. The average Bonchev–Trinajstić information content (AvgIpc) is 3.25. The molecule has 4 rings (SSSR count). The highest BCUT2D eigenvalue weighted by atomic mass is 35.5. The van der Waals surface area contributed by atoms with Crippen LogP contribution in [0.5, 0.6) is 0 Å². The largest absolute Gasteiger partial charge is 0.378 e. The molecule has 0 saturated carbocycles. The van der Waals surface area contributed by atoms with E-state index in [-0.39, 0.29) is 22.2 Å². The van der Waals surface area contributed by atoms with Crippen molar-refractivity contribution in [1.82, 2.24) is 9.88 Å². The predicted molar refractivity (Wildman–Crippen MR) is 123 cm³/mol. The van der Waals surface area contributed by atoms with Crippen molar-refractivity contribution in [3.05, 3.63) is 74.2 Å². The molecular formula is C21H16Cl3N3O3S. The Labute approximate surface area is 197 Å². The van der Waals surface area contributed by atoms with Crippen molar-refractivity contribution < 1.29 is 14.3 Å². The molecule has 1 aliphatic rings. The van der Waals surface area contributed by atoms with Gasteiger partial charge in [-0.15, -0.1) is 11.3 Å². The maximum absolute atomic E-state index is 13.5. The molecule has 0 bridgehead atoms. The van der Waals surface area contributed by atoms with Crippen molar-refractivity contribution in [2.24, 2.45) is 0 Å². The third-order valence-corrected chi connectivity index (χ3v) is 6.28. The quantitative estimate of drug-likeness (QED) is 0.475. The zero-order valence-electron chi connectivity index (χ0n) is 16.1. The molecule has 0 unspecified atom stereocenters. The van der Waals surface area contributed by atoms with Crippen LogP contribution in [0.4, 0.5) is 10.8 Å². The van der Waals surface area contributed by atoms with Gasteiger partial charge >= 0.3 is 0 Å². The highest BCUT2D eigenvalue weighted by Crippen LogP contribution is 2.33. The van der Waals surface area contributed by atoms with Gasteiger partial charge in [-0.2, -0.15) is 0 Å². The lowest BCUT2D eigenvalue weighted by molar-refractivity contribution is 0.0299. The molecule has 160 valence electrons. The molecule has 6 nitrogen and oxygen atoms in total. The van der Waals surface area contributed by atoms with Crippen molar-refractivity contribution in [2.75, 3.05) is 31.2 Å². The Kier molecular flexibility index (Phi) is 6.79. The van der Waals surface area contributed by atoms with Crippen LogP contribution < -0.4 is 4.90 Å². The van der Waals surface area contributed by atoms with Gasteiger partial charge in [0.15, 0.2) is 5.13 Å². The molecule has 0 atom stereocenters. The first-order valence-electron chi connectivity index (χ1n) is 9.31. The van der Waals surface area contributed by atoms with Crippen molar-refractivity contribution in [3.8, 4) is 0 Å². The molecule has 2 aromatic carbocycles. The van der Waals surface area contributed by atoms with E-state index in [1.54, 1.807) is 46.7 Å². The Balaban J connectivity index is 1.71. The molecule has 1 aromatic heterocycles. The highest BCUT2D eigenvalue weighted by molar-refractivity contribution is 7.14. The standard InChI is InChI=1S/C21H16Cl3N3O3S/c22-13-1-4-15(5-2-13)27(19(28)16-6-3-14(23)11-17(16)24)21-25-18(12-31-21)20(29)26-7-9-30-10-8-26/h1-6,11-12H,7-10H2. The van der Waals surface area contributed by atoms with E-state index >= 15 is 0 Å². The molecule has 10 heteroatoms. The van der Waals surface area contributed by atoms with Crippen LogP contribution in [-0.2, 0) is 4.74 Å². The van der Waals surface area contributed by atoms with E-state index < -0.39 is 5.91 Å². The zero-order valence-corrected chi connectivity index (χ0v) is 19.1. The van der Waals surface area contributed by atoms with Crippen LogP contribution in [0.15, 0.2) is 47.8 Å². The van der Waals surface area contributed by atoms with E-state index in [0.29, 0.717) is 47.2 Å². The molecule has 3 aromatic rings. The van der Waals surface area contributed by atoms with Gasteiger partial charge in [0.2, 0.25) is 0 Å². The number of thiazole rings is 1. The number of ether oxygens (including phenoxy) is 1. The van der Waals surface area contributed by atoms with Crippen LogP contribution in [0.3, 0.4) is 0 Å². The van der Waals surface area contributed by atoms with Gasteiger partial charge in [0, 0.05) is 28.5 Å². The number of halogens is 3. The highest BCUT2D eigenvalue weighted by Gasteiger charge is 2.27. The number of amides is 2. The summed E-state index contributed by atoms with van der Waals surface area (Å²) in [5.41, 5.74) is 1.08. The summed E-state index contributed by atoms with van der Waals surface area (Å²) >= 11 is 19.5. The van der Waals surface area contributed by atoms with Crippen LogP contribution >= 0.6 is 46.1 Å². The summed E-state index contributed by atoms with van der Waals surface area (Å²) in [4.78, 5) is 33.8. The number of benzene rings is 2. The van der Waals surface area contributed by atoms with Gasteiger partial charge in [-0.3, -0.25) is 14.5 Å². The number of morpholine rings is 1. The van der Waals surface area contributed by atoms with Crippen molar-refractivity contribution in [1.29, 1.82) is 0 Å². The molecule has 1 saturated heterocycles. The summed E-state index contributed by atoms with van der Waals surface area (Å²) < 4.78 is 5.30. The first-order chi connectivity index (χ1) is 14.9. The lowest BCUT2D eigenvalue weighted by atomic mass is 10.2. The summed E-state index contributed by atoms with van der Waals surface area (Å²) in [6.45, 7) is 2.00. The van der Waals surface area contributed by atoms with Gasteiger partial charge < -0.3 is 9.64 Å². The topological polar surface area (TPSA) is 62.7 Å². The first kappa shape index (κ1) is 22.0. The van der Waals surface area contributed by atoms with Gasteiger partial charge in [-0.1, -0.05) is 34.8 Å². The normalized spacial score (nSPS) is 13.8. The van der Waals surface area contributed by atoms with Crippen molar-refractivity contribution >= 4 is 68.8 Å². The second-order valence-electron chi connectivity index (χ2n) is 6.66. The fourth-order valence-electron chi connectivity index (χ4n) is 3.08. The Morgan fingerprint density at radius 3 is 2.35 bits per heavy atom. The van der Waals surface area contributed by atoms with Gasteiger partial charge in [-0.25, -0.2) is 4.98 Å². The Hall–Kier alpha value is -2.16. The van der Waals surface area contributed by atoms with E-state index in [4.69, 9.17) is 39.5 Å². The number of rotatable bonds is 4. The average molecular weight is 497 g/mol. The summed E-state index contributed by atoms with van der Waals surface area (Å²) in [5, 5.41) is 3.16. The first-order valence-corrected chi connectivity index (χ1v) is 11.3. The van der Waals surface area contributed by atoms with Gasteiger partial charge in [-0.05, 0) is 42.5 Å². The maximum Gasteiger partial charge on any atom is 0.273 e. The van der Waals surface area contributed by atoms with Crippen molar-refractivity contribution in [2.45, 2.75) is 0 Å². The molecule has 1 aliphatic heterocycles. The summed E-state index contributed by atoms with van der Waals surface area (Å²) in [6.07, 6.45) is 0. The fraction of sp³-hybridized carbons (Fsp3) is 0.190. The monoisotopic (exact) mass is 495 g/mol. The van der Waals surface area contributed by atoms with E-state index in [0.717, 1.165) is 0 Å². The zero-order chi connectivity index (χ0) is 22.0. The number of carbonyl (C=O) groups is 2. The molecule has 2 heterocycles. The Bertz CT molecular complexity index is 1110. The van der Waals surface area contributed by atoms with Crippen LogP contribution in [-0.4, -0.2) is 48.0 Å². The number of hydrogen-bond acceptors (Lipinski definition) is 5. The van der Waals surface area contributed by atoms with Gasteiger partial charge in [0.1, 0.15) is 5.69 Å². The molecule has 0 N–H and O–H groups in total. The van der Waals surface area contributed by atoms with Gasteiger partial charge in [0.25, 0.3) is 11.8 Å². The lowest BCUT2D eigenvalue weighted by Crippen LogP contribution is -2.40. The summed E-state index contributed by atoms with van der Waals surface area (Å²) in [7, 11) is 0.